The summed E-state index contributed by atoms with van der Waals surface area (Å²) in [5.74, 6) is 0.369. The van der Waals surface area contributed by atoms with Gasteiger partial charge in [0.2, 0.25) is 5.91 Å². The zero-order valence-electron chi connectivity index (χ0n) is 11.6. The van der Waals surface area contributed by atoms with Gasteiger partial charge in [-0.3, -0.25) is 4.79 Å². The third-order valence-electron chi connectivity index (χ3n) is 2.71. The molecule has 0 aromatic heterocycles. The number of thioether (sulfide) groups is 1. The Hall–Kier alpha value is -1.30. The molecule has 0 saturated heterocycles. The number of benzene rings is 2. The molecular weight excluding hydrogens is 350 g/mol. The zero-order chi connectivity index (χ0) is 15.1. The number of carbonyl (C=O) groups is 1. The van der Waals surface area contributed by atoms with E-state index in [4.69, 9.17) is 4.74 Å². The molecular formula is C16H16BrNO2S. The topological polar surface area (TPSA) is 38.3 Å². The van der Waals surface area contributed by atoms with Crippen molar-refractivity contribution in [3.8, 4) is 0 Å². The summed E-state index contributed by atoms with van der Waals surface area (Å²) in [7, 11) is 1.65. The molecule has 2 aromatic carbocycles. The lowest BCUT2D eigenvalue weighted by atomic mass is 10.2. The highest BCUT2D eigenvalue weighted by atomic mass is 79.9. The molecule has 0 saturated carbocycles. The van der Waals surface area contributed by atoms with Crippen molar-refractivity contribution in [1.82, 2.24) is 0 Å². The lowest BCUT2D eigenvalue weighted by Crippen LogP contribution is -2.14. The molecule has 21 heavy (non-hydrogen) atoms. The van der Waals surface area contributed by atoms with Crippen LogP contribution in [0.2, 0.25) is 0 Å². The summed E-state index contributed by atoms with van der Waals surface area (Å²) in [5, 5.41) is 2.90. The third kappa shape index (κ3) is 5.53. The average Bonchev–Trinajstić information content (AvgIpc) is 2.47. The minimum absolute atomic E-state index is 0.0162. The number of amides is 1. The second-order valence-electron chi connectivity index (χ2n) is 4.42. The van der Waals surface area contributed by atoms with Crippen molar-refractivity contribution >= 4 is 39.3 Å². The van der Waals surface area contributed by atoms with Gasteiger partial charge in [0.15, 0.2) is 0 Å². The minimum Gasteiger partial charge on any atom is -0.380 e. The molecule has 3 nitrogen and oxygen atoms in total. The number of methoxy groups -OCH3 is 1. The number of rotatable bonds is 6. The monoisotopic (exact) mass is 365 g/mol. The minimum atomic E-state index is -0.0162. The number of ether oxygens (including phenoxy) is 1. The Morgan fingerprint density at radius 3 is 2.71 bits per heavy atom. The fourth-order valence-corrected chi connectivity index (χ4v) is 2.75. The van der Waals surface area contributed by atoms with E-state index in [-0.39, 0.29) is 5.91 Å². The fraction of sp³-hybridized carbons (Fsp3) is 0.188. The Morgan fingerprint density at radius 2 is 2.00 bits per heavy atom. The standard InChI is InChI=1S/C16H16BrNO2S/c1-20-10-12-3-2-4-14(9-12)18-16(19)11-21-15-7-5-13(17)6-8-15/h2-9H,10-11H2,1H3,(H,18,19). The molecule has 0 atom stereocenters. The Balaban J connectivity index is 1.86. The third-order valence-corrected chi connectivity index (χ3v) is 4.25. The summed E-state index contributed by atoms with van der Waals surface area (Å²) in [6.45, 7) is 0.539. The molecule has 0 heterocycles. The second kappa shape index (κ2) is 8.22. The molecule has 5 heteroatoms. The van der Waals surface area contributed by atoms with Crippen LogP contribution in [-0.2, 0) is 16.1 Å². The SMILES string of the molecule is COCc1cccc(NC(=O)CSc2ccc(Br)cc2)c1. The van der Waals surface area contributed by atoms with E-state index in [1.54, 1.807) is 7.11 Å². The van der Waals surface area contributed by atoms with E-state index in [0.29, 0.717) is 12.4 Å². The van der Waals surface area contributed by atoms with Crippen LogP contribution in [0.1, 0.15) is 5.56 Å². The molecule has 2 aromatic rings. The van der Waals surface area contributed by atoms with Crippen LogP contribution < -0.4 is 5.32 Å². The maximum Gasteiger partial charge on any atom is 0.234 e. The van der Waals surface area contributed by atoms with Crippen molar-refractivity contribution in [2.75, 3.05) is 18.2 Å². The average molecular weight is 366 g/mol. The van der Waals surface area contributed by atoms with Gasteiger partial charge in [0.25, 0.3) is 0 Å². The smallest absolute Gasteiger partial charge is 0.234 e. The van der Waals surface area contributed by atoms with Crippen molar-refractivity contribution in [1.29, 1.82) is 0 Å². The van der Waals surface area contributed by atoms with Crippen LogP contribution in [0.25, 0.3) is 0 Å². The van der Waals surface area contributed by atoms with Crippen LogP contribution >= 0.6 is 27.7 Å². The predicted octanol–water partition coefficient (Wildman–Crippen LogP) is 4.33. The van der Waals surface area contributed by atoms with Gasteiger partial charge in [-0.25, -0.2) is 0 Å². The zero-order valence-corrected chi connectivity index (χ0v) is 14.0. The van der Waals surface area contributed by atoms with Crippen molar-refractivity contribution in [3.05, 3.63) is 58.6 Å². The van der Waals surface area contributed by atoms with Crippen molar-refractivity contribution in [2.45, 2.75) is 11.5 Å². The van der Waals surface area contributed by atoms with Crippen LogP contribution in [0.15, 0.2) is 57.9 Å². The largest absolute Gasteiger partial charge is 0.380 e. The maximum absolute atomic E-state index is 11.9. The van der Waals surface area contributed by atoms with Gasteiger partial charge in [-0.05, 0) is 42.0 Å². The fourth-order valence-electron chi connectivity index (χ4n) is 1.78. The Kier molecular flexibility index (Phi) is 6.29. The number of nitrogens with one attached hydrogen (secondary N) is 1. The van der Waals surface area contributed by atoms with Crippen LogP contribution in [0.4, 0.5) is 5.69 Å². The van der Waals surface area contributed by atoms with E-state index in [1.165, 1.54) is 11.8 Å². The van der Waals surface area contributed by atoms with E-state index in [9.17, 15) is 4.79 Å². The van der Waals surface area contributed by atoms with Gasteiger partial charge >= 0.3 is 0 Å². The highest BCUT2D eigenvalue weighted by Crippen LogP contribution is 2.21. The van der Waals surface area contributed by atoms with Crippen LogP contribution in [0.5, 0.6) is 0 Å². The second-order valence-corrected chi connectivity index (χ2v) is 6.39. The van der Waals surface area contributed by atoms with Crippen LogP contribution in [0.3, 0.4) is 0 Å². The molecule has 0 unspecified atom stereocenters. The maximum atomic E-state index is 11.9. The summed E-state index contributed by atoms with van der Waals surface area (Å²) in [6.07, 6.45) is 0. The first-order chi connectivity index (χ1) is 10.2. The number of carbonyl (C=O) groups excluding carboxylic acids is 1. The molecule has 1 amide bonds. The molecule has 1 N–H and O–H groups in total. The number of anilines is 1. The number of halogens is 1. The van der Waals surface area contributed by atoms with E-state index in [1.807, 2.05) is 48.5 Å². The quantitative estimate of drug-likeness (QED) is 0.774. The summed E-state index contributed by atoms with van der Waals surface area (Å²) in [4.78, 5) is 13.0. The van der Waals surface area contributed by atoms with Gasteiger partial charge in [-0.2, -0.15) is 0 Å². The van der Waals surface area contributed by atoms with Crippen molar-refractivity contribution in [3.63, 3.8) is 0 Å². The first-order valence-electron chi connectivity index (χ1n) is 6.43. The highest BCUT2D eigenvalue weighted by molar-refractivity contribution is 9.10. The first-order valence-corrected chi connectivity index (χ1v) is 8.21. The molecule has 0 bridgehead atoms. The van der Waals surface area contributed by atoms with Gasteiger partial charge in [0.05, 0.1) is 12.4 Å². The Labute approximate surface area is 137 Å². The highest BCUT2D eigenvalue weighted by Gasteiger charge is 2.04. The summed E-state index contributed by atoms with van der Waals surface area (Å²) < 4.78 is 6.12. The molecule has 0 fully saturated rings. The van der Waals surface area contributed by atoms with Crippen LogP contribution in [0, 0.1) is 0 Å². The summed E-state index contributed by atoms with van der Waals surface area (Å²) in [6, 6.07) is 15.6. The van der Waals surface area contributed by atoms with Gasteiger partial charge in [0.1, 0.15) is 0 Å². The number of hydrogen-bond acceptors (Lipinski definition) is 3. The summed E-state index contributed by atoms with van der Waals surface area (Å²) >= 11 is 4.90. The van der Waals surface area contributed by atoms with Crippen molar-refractivity contribution < 1.29 is 9.53 Å². The molecule has 0 spiro atoms. The Bertz CT molecular complexity index is 601. The molecule has 0 aliphatic carbocycles. The molecule has 0 radical (unpaired) electrons. The van der Waals surface area contributed by atoms with E-state index in [0.717, 1.165) is 20.6 Å². The van der Waals surface area contributed by atoms with E-state index < -0.39 is 0 Å². The van der Waals surface area contributed by atoms with E-state index in [2.05, 4.69) is 21.2 Å². The predicted molar refractivity (Wildman–Crippen MR) is 90.7 cm³/mol. The summed E-state index contributed by atoms with van der Waals surface area (Å²) in [5.41, 5.74) is 1.84. The lowest BCUT2D eigenvalue weighted by Gasteiger charge is -2.07. The van der Waals surface area contributed by atoms with Gasteiger partial charge in [-0.15, -0.1) is 11.8 Å². The molecule has 0 aliphatic heterocycles. The van der Waals surface area contributed by atoms with E-state index >= 15 is 0 Å². The van der Waals surface area contributed by atoms with Crippen molar-refractivity contribution in [2.24, 2.45) is 0 Å². The molecule has 0 aliphatic rings. The normalized spacial score (nSPS) is 10.4. The molecule has 2 rings (SSSR count). The van der Waals surface area contributed by atoms with Gasteiger partial charge in [-0.1, -0.05) is 28.1 Å². The van der Waals surface area contributed by atoms with Gasteiger partial charge in [0, 0.05) is 22.2 Å². The number of hydrogen-bond donors (Lipinski definition) is 1. The Morgan fingerprint density at radius 1 is 1.24 bits per heavy atom. The van der Waals surface area contributed by atoms with Gasteiger partial charge < -0.3 is 10.1 Å². The molecule has 110 valence electrons. The lowest BCUT2D eigenvalue weighted by molar-refractivity contribution is -0.113. The first kappa shape index (κ1) is 16.1. The van der Waals surface area contributed by atoms with Crippen LogP contribution in [-0.4, -0.2) is 18.8 Å².